The lowest BCUT2D eigenvalue weighted by Crippen LogP contribution is -2.43. The van der Waals surface area contributed by atoms with Gasteiger partial charge in [0.15, 0.2) is 5.96 Å². The molecule has 2 N–H and O–H groups in total. The van der Waals surface area contributed by atoms with Crippen LogP contribution < -0.4 is 10.6 Å². The van der Waals surface area contributed by atoms with Crippen LogP contribution in [0.25, 0.3) is 0 Å². The van der Waals surface area contributed by atoms with Crippen LogP contribution in [0.2, 0.25) is 0 Å². The average molecular weight is 512 g/mol. The largest absolute Gasteiger partial charge is 0.467 e. The van der Waals surface area contributed by atoms with Gasteiger partial charge in [-0.1, -0.05) is 30.3 Å². The fraction of sp³-hybridized carbons (Fsp3) is 0.500. The molecule has 1 aliphatic heterocycles. The summed E-state index contributed by atoms with van der Waals surface area (Å²) >= 11 is 0. The van der Waals surface area contributed by atoms with Gasteiger partial charge in [-0.25, -0.2) is 0 Å². The van der Waals surface area contributed by atoms with Gasteiger partial charge in [-0.05, 0) is 50.0 Å². The molecule has 1 aliphatic rings. The summed E-state index contributed by atoms with van der Waals surface area (Å²) in [6.45, 7) is 5.20. The van der Waals surface area contributed by atoms with E-state index < -0.39 is 0 Å². The third kappa shape index (κ3) is 7.98. The molecule has 2 heterocycles. The zero-order valence-corrected chi connectivity index (χ0v) is 19.5. The Morgan fingerprint density at radius 1 is 1.14 bits per heavy atom. The molecule has 0 aliphatic carbocycles. The van der Waals surface area contributed by atoms with Crippen molar-refractivity contribution in [1.29, 1.82) is 0 Å². The van der Waals surface area contributed by atoms with E-state index in [1.807, 2.05) is 19.2 Å². The van der Waals surface area contributed by atoms with Crippen LogP contribution in [0.5, 0.6) is 0 Å². The highest BCUT2D eigenvalue weighted by atomic mass is 127. The van der Waals surface area contributed by atoms with Gasteiger partial charge in [0.05, 0.1) is 12.3 Å². The topological polar surface area (TPSA) is 62.0 Å². The first-order valence-corrected chi connectivity index (χ1v) is 10.2. The summed E-state index contributed by atoms with van der Waals surface area (Å²) in [7, 11) is 1.82. The predicted octanol–water partition coefficient (Wildman–Crippen LogP) is 3.81. The minimum atomic E-state index is 0. The van der Waals surface area contributed by atoms with Crippen LogP contribution in [-0.2, 0) is 11.3 Å². The minimum Gasteiger partial charge on any atom is -0.467 e. The number of furan rings is 1. The van der Waals surface area contributed by atoms with Gasteiger partial charge in [0.2, 0.25) is 0 Å². The highest BCUT2D eigenvalue weighted by Gasteiger charge is 2.23. The van der Waals surface area contributed by atoms with E-state index >= 15 is 0 Å². The lowest BCUT2D eigenvalue weighted by atomic mass is 10.1. The second-order valence-corrected chi connectivity index (χ2v) is 7.03. The molecule has 7 heteroatoms. The lowest BCUT2D eigenvalue weighted by Gasteiger charge is -2.29. The van der Waals surface area contributed by atoms with Crippen molar-refractivity contribution < 1.29 is 9.15 Å². The van der Waals surface area contributed by atoms with Crippen molar-refractivity contribution in [1.82, 2.24) is 15.5 Å². The molecule has 160 valence electrons. The Labute approximate surface area is 191 Å². The summed E-state index contributed by atoms with van der Waals surface area (Å²) in [6.07, 6.45) is 5.15. The third-order valence-corrected chi connectivity index (χ3v) is 5.03. The van der Waals surface area contributed by atoms with Crippen LogP contribution in [0, 0.1) is 0 Å². The Hall–Kier alpha value is -1.58. The number of benzene rings is 1. The molecular weight excluding hydrogens is 479 g/mol. The minimum absolute atomic E-state index is 0. The van der Waals surface area contributed by atoms with Gasteiger partial charge < -0.3 is 19.8 Å². The molecule has 3 rings (SSSR count). The van der Waals surface area contributed by atoms with E-state index in [1.54, 1.807) is 6.26 Å². The second-order valence-electron chi connectivity index (χ2n) is 7.03. The number of hydrogen-bond donors (Lipinski definition) is 2. The highest BCUT2D eigenvalue weighted by Crippen LogP contribution is 2.24. The van der Waals surface area contributed by atoms with Crippen LogP contribution in [0.15, 0.2) is 58.1 Å². The molecular formula is C22H33IN4O2. The van der Waals surface area contributed by atoms with E-state index in [2.05, 4.69) is 50.9 Å². The maximum Gasteiger partial charge on any atom is 0.191 e. The smallest absolute Gasteiger partial charge is 0.191 e. The van der Waals surface area contributed by atoms with E-state index in [0.717, 1.165) is 31.2 Å². The first-order chi connectivity index (χ1) is 13.9. The van der Waals surface area contributed by atoms with Crippen LogP contribution in [0.4, 0.5) is 0 Å². The monoisotopic (exact) mass is 512 g/mol. The van der Waals surface area contributed by atoms with Crippen LogP contribution in [-0.4, -0.2) is 50.7 Å². The van der Waals surface area contributed by atoms with Crippen molar-refractivity contribution in [2.24, 2.45) is 4.99 Å². The summed E-state index contributed by atoms with van der Waals surface area (Å²) in [6, 6.07) is 14.9. The fourth-order valence-electron chi connectivity index (χ4n) is 3.55. The van der Waals surface area contributed by atoms with Gasteiger partial charge in [-0.15, -0.1) is 24.0 Å². The second kappa shape index (κ2) is 13.6. The maximum atomic E-state index is 5.62. The number of halogens is 1. The number of hydrogen-bond acceptors (Lipinski definition) is 4. The number of rotatable bonds is 10. The molecule has 1 fully saturated rings. The van der Waals surface area contributed by atoms with Crippen molar-refractivity contribution in [2.75, 3.05) is 39.8 Å². The molecule has 0 spiro atoms. The Bertz CT molecular complexity index is 688. The van der Waals surface area contributed by atoms with Gasteiger partial charge in [0, 0.05) is 26.7 Å². The molecule has 1 saturated heterocycles. The van der Waals surface area contributed by atoms with Crippen molar-refractivity contribution in [3.63, 3.8) is 0 Å². The standard InChI is InChI=1S/C22H32N4O2.HI/c1-23-22(24-12-8-15-27-18-20-11-7-16-28-20)25-17-21(26-13-5-6-14-26)19-9-3-2-4-10-19;/h2-4,7,9-11,16,21H,5-6,8,12-15,17-18H2,1H3,(H2,23,24,25);1H. The molecule has 1 unspecified atom stereocenters. The van der Waals surface area contributed by atoms with Gasteiger partial charge >= 0.3 is 0 Å². The number of nitrogens with one attached hydrogen (secondary N) is 2. The van der Waals surface area contributed by atoms with Crippen molar-refractivity contribution in [3.05, 3.63) is 60.1 Å². The van der Waals surface area contributed by atoms with Gasteiger partial charge in [0.25, 0.3) is 0 Å². The number of aliphatic imine (C=N–C) groups is 1. The molecule has 0 radical (unpaired) electrons. The van der Waals surface area contributed by atoms with Gasteiger partial charge in [0.1, 0.15) is 12.4 Å². The summed E-state index contributed by atoms with van der Waals surface area (Å²) in [5.74, 6) is 1.70. The van der Waals surface area contributed by atoms with E-state index in [-0.39, 0.29) is 24.0 Å². The summed E-state index contributed by atoms with van der Waals surface area (Å²) in [5.41, 5.74) is 1.36. The molecule has 1 aromatic carbocycles. The summed E-state index contributed by atoms with van der Waals surface area (Å²) < 4.78 is 10.9. The Morgan fingerprint density at radius 2 is 1.93 bits per heavy atom. The Morgan fingerprint density at radius 3 is 2.62 bits per heavy atom. The van der Waals surface area contributed by atoms with E-state index in [1.165, 1.54) is 31.5 Å². The van der Waals surface area contributed by atoms with Gasteiger partial charge in [-0.3, -0.25) is 9.89 Å². The molecule has 29 heavy (non-hydrogen) atoms. The quantitative estimate of drug-likeness (QED) is 0.220. The highest BCUT2D eigenvalue weighted by molar-refractivity contribution is 14.0. The predicted molar refractivity (Wildman–Crippen MR) is 128 cm³/mol. The van der Waals surface area contributed by atoms with Gasteiger partial charge in [-0.2, -0.15) is 0 Å². The first kappa shape index (κ1) is 23.7. The molecule has 1 aromatic heterocycles. The van der Waals surface area contributed by atoms with E-state index in [9.17, 15) is 0 Å². The van der Waals surface area contributed by atoms with E-state index in [4.69, 9.17) is 9.15 Å². The number of guanidine groups is 1. The van der Waals surface area contributed by atoms with Crippen molar-refractivity contribution >= 4 is 29.9 Å². The normalized spacial score (nSPS) is 15.7. The average Bonchev–Trinajstić information content (AvgIpc) is 3.44. The molecule has 0 saturated carbocycles. The van der Waals surface area contributed by atoms with Crippen molar-refractivity contribution in [2.45, 2.75) is 31.9 Å². The van der Waals surface area contributed by atoms with Crippen LogP contribution in [0.3, 0.4) is 0 Å². The lowest BCUT2D eigenvalue weighted by molar-refractivity contribution is 0.105. The molecule has 0 amide bonds. The summed E-state index contributed by atoms with van der Waals surface area (Å²) in [4.78, 5) is 6.93. The fourth-order valence-corrected chi connectivity index (χ4v) is 3.55. The number of nitrogens with zero attached hydrogens (tertiary/aromatic N) is 2. The van der Waals surface area contributed by atoms with Crippen LogP contribution in [0.1, 0.15) is 36.6 Å². The van der Waals surface area contributed by atoms with E-state index in [0.29, 0.717) is 19.3 Å². The Balaban J connectivity index is 0.00000300. The molecule has 0 bridgehead atoms. The Kier molecular flexibility index (Phi) is 11.1. The zero-order chi connectivity index (χ0) is 19.4. The molecule has 2 aromatic rings. The third-order valence-electron chi connectivity index (χ3n) is 5.03. The zero-order valence-electron chi connectivity index (χ0n) is 17.2. The van der Waals surface area contributed by atoms with Crippen LogP contribution >= 0.6 is 24.0 Å². The summed E-state index contributed by atoms with van der Waals surface area (Å²) in [5, 5.41) is 6.88. The SMILES string of the molecule is CN=C(NCCCOCc1ccco1)NCC(c1ccccc1)N1CCCC1.I. The first-order valence-electron chi connectivity index (χ1n) is 10.2. The molecule has 6 nitrogen and oxygen atoms in total. The molecule has 1 atom stereocenters. The maximum absolute atomic E-state index is 5.62. The van der Waals surface area contributed by atoms with Crippen molar-refractivity contribution in [3.8, 4) is 0 Å². The number of likely N-dealkylation sites (tertiary alicyclic amines) is 1. The number of ether oxygens (including phenoxy) is 1.